The van der Waals surface area contributed by atoms with E-state index in [1.165, 1.54) is 6.07 Å². The number of nitrogens with one attached hydrogen (secondary N) is 1. The third-order valence-electron chi connectivity index (χ3n) is 3.88. The maximum atomic E-state index is 11.9. The fraction of sp³-hybridized carbons (Fsp3) is 0.0476. The molecule has 0 atom stereocenters. The van der Waals surface area contributed by atoms with Crippen LogP contribution < -0.4 is 5.32 Å². The van der Waals surface area contributed by atoms with Crippen LogP contribution in [0, 0.1) is 0 Å². The van der Waals surface area contributed by atoms with E-state index in [0.29, 0.717) is 16.8 Å². The molecule has 5 nitrogen and oxygen atoms in total. The molecule has 3 aromatic carbocycles. The van der Waals surface area contributed by atoms with Crippen LogP contribution in [0.25, 0.3) is 11.1 Å². The van der Waals surface area contributed by atoms with E-state index in [-0.39, 0.29) is 17.2 Å². The third-order valence-corrected chi connectivity index (χ3v) is 4.20. The number of carboxylic acid groups (broad SMARTS) is 1. The largest absolute Gasteiger partial charge is 0.478 e. The molecule has 0 saturated heterocycles. The van der Waals surface area contributed by atoms with Crippen molar-refractivity contribution in [2.75, 3.05) is 5.32 Å². The minimum Gasteiger partial charge on any atom is -0.478 e. The quantitative estimate of drug-likeness (QED) is 0.615. The fourth-order valence-corrected chi connectivity index (χ4v) is 2.85. The number of carbonyl (C=O) groups is 2. The molecule has 6 heteroatoms. The van der Waals surface area contributed by atoms with Crippen LogP contribution >= 0.6 is 11.6 Å². The van der Waals surface area contributed by atoms with Crippen molar-refractivity contribution in [2.45, 2.75) is 6.61 Å². The first kappa shape index (κ1) is 18.5. The molecule has 1 amide bonds. The Labute approximate surface area is 161 Å². The summed E-state index contributed by atoms with van der Waals surface area (Å²) in [4.78, 5) is 23.4. The molecule has 0 aliphatic rings. The van der Waals surface area contributed by atoms with Gasteiger partial charge in [0.15, 0.2) is 0 Å². The lowest BCUT2D eigenvalue weighted by Crippen LogP contribution is -2.13. The molecule has 0 spiro atoms. The van der Waals surface area contributed by atoms with Crippen molar-refractivity contribution in [2.24, 2.45) is 0 Å². The van der Waals surface area contributed by atoms with E-state index in [4.69, 9.17) is 16.3 Å². The predicted octanol–water partition coefficient (Wildman–Crippen LogP) is 5.45. The van der Waals surface area contributed by atoms with Gasteiger partial charge >= 0.3 is 12.1 Å². The van der Waals surface area contributed by atoms with Crippen LogP contribution in [0.3, 0.4) is 0 Å². The molecule has 0 aliphatic carbocycles. The Morgan fingerprint density at radius 3 is 2.30 bits per heavy atom. The number of hydrogen-bond donors (Lipinski definition) is 2. The lowest BCUT2D eigenvalue weighted by Gasteiger charge is -2.10. The van der Waals surface area contributed by atoms with Crippen LogP contribution in [0.4, 0.5) is 10.5 Å². The highest BCUT2D eigenvalue weighted by atomic mass is 35.5. The molecule has 27 heavy (non-hydrogen) atoms. The van der Waals surface area contributed by atoms with Gasteiger partial charge in [-0.15, -0.1) is 0 Å². The van der Waals surface area contributed by atoms with Crippen LogP contribution in [-0.4, -0.2) is 17.2 Å². The first-order valence-corrected chi connectivity index (χ1v) is 8.52. The Kier molecular flexibility index (Phi) is 5.74. The topological polar surface area (TPSA) is 75.6 Å². The van der Waals surface area contributed by atoms with E-state index in [0.717, 1.165) is 5.56 Å². The number of carbonyl (C=O) groups excluding carboxylic acids is 1. The Morgan fingerprint density at radius 2 is 1.63 bits per heavy atom. The van der Waals surface area contributed by atoms with E-state index in [9.17, 15) is 14.7 Å². The summed E-state index contributed by atoms with van der Waals surface area (Å²) in [5.74, 6) is -1.10. The van der Waals surface area contributed by atoms with Gasteiger partial charge in [-0.3, -0.25) is 5.32 Å². The van der Waals surface area contributed by atoms with Crippen LogP contribution in [0.2, 0.25) is 5.02 Å². The van der Waals surface area contributed by atoms with Gasteiger partial charge in [-0.25, -0.2) is 9.59 Å². The first-order chi connectivity index (χ1) is 13.0. The Hall–Kier alpha value is -3.31. The van der Waals surface area contributed by atoms with Gasteiger partial charge in [0.1, 0.15) is 6.61 Å². The molecule has 0 fully saturated rings. The average Bonchev–Trinajstić information content (AvgIpc) is 2.67. The number of carboxylic acids is 1. The summed E-state index contributed by atoms with van der Waals surface area (Å²) in [5, 5.41) is 12.2. The number of halogens is 1. The van der Waals surface area contributed by atoms with Crippen molar-refractivity contribution >= 4 is 29.4 Å². The standard InChI is InChI=1S/C21H16ClNO4/c22-18-8-4-7-17(19(18)20(24)25)15-9-11-16(12-10-15)23-21(26)27-13-14-5-2-1-3-6-14/h1-12H,13H2,(H,23,26)(H,24,25). The maximum absolute atomic E-state index is 11.9. The summed E-state index contributed by atoms with van der Waals surface area (Å²) in [5.41, 5.74) is 2.66. The molecule has 0 bridgehead atoms. The minimum absolute atomic E-state index is 0.0437. The second-order valence-electron chi connectivity index (χ2n) is 5.73. The van der Waals surface area contributed by atoms with Gasteiger partial charge in [-0.1, -0.05) is 66.2 Å². The van der Waals surface area contributed by atoms with E-state index in [1.807, 2.05) is 30.3 Å². The van der Waals surface area contributed by atoms with Gasteiger partial charge in [0.2, 0.25) is 0 Å². The van der Waals surface area contributed by atoms with Gasteiger partial charge in [0.05, 0.1) is 10.6 Å². The van der Waals surface area contributed by atoms with Crippen LogP contribution in [-0.2, 0) is 11.3 Å². The van der Waals surface area contributed by atoms with Gasteiger partial charge in [-0.2, -0.15) is 0 Å². The van der Waals surface area contributed by atoms with Crippen LogP contribution in [0.1, 0.15) is 15.9 Å². The van der Waals surface area contributed by atoms with Gasteiger partial charge < -0.3 is 9.84 Å². The smallest absolute Gasteiger partial charge is 0.411 e. The highest BCUT2D eigenvalue weighted by molar-refractivity contribution is 6.34. The molecule has 0 saturated carbocycles. The van der Waals surface area contributed by atoms with Crippen molar-refractivity contribution in [1.82, 2.24) is 0 Å². The summed E-state index contributed by atoms with van der Waals surface area (Å²) < 4.78 is 5.17. The summed E-state index contributed by atoms with van der Waals surface area (Å²) in [6.45, 7) is 0.176. The zero-order valence-corrected chi connectivity index (χ0v) is 14.9. The first-order valence-electron chi connectivity index (χ1n) is 8.14. The number of amides is 1. The molecule has 136 valence electrons. The number of benzene rings is 3. The number of rotatable bonds is 5. The van der Waals surface area contributed by atoms with Crippen molar-refractivity contribution in [3.63, 3.8) is 0 Å². The molecular weight excluding hydrogens is 366 g/mol. The Balaban J connectivity index is 1.68. The predicted molar refractivity (Wildman–Crippen MR) is 104 cm³/mol. The second kappa shape index (κ2) is 8.38. The Bertz CT molecular complexity index is 956. The lowest BCUT2D eigenvalue weighted by atomic mass is 9.99. The molecule has 2 N–H and O–H groups in total. The third kappa shape index (κ3) is 4.65. The Morgan fingerprint density at radius 1 is 0.926 bits per heavy atom. The second-order valence-corrected chi connectivity index (χ2v) is 6.14. The summed E-state index contributed by atoms with van der Waals surface area (Å²) >= 11 is 6.01. The van der Waals surface area contributed by atoms with E-state index >= 15 is 0 Å². The molecule has 3 rings (SSSR count). The van der Waals surface area contributed by atoms with Crippen molar-refractivity contribution < 1.29 is 19.4 Å². The molecule has 3 aromatic rings. The monoisotopic (exact) mass is 381 g/mol. The van der Waals surface area contributed by atoms with Crippen molar-refractivity contribution in [3.05, 3.63) is 88.9 Å². The highest BCUT2D eigenvalue weighted by Crippen LogP contribution is 2.30. The normalized spacial score (nSPS) is 10.3. The molecule has 0 heterocycles. The van der Waals surface area contributed by atoms with Crippen LogP contribution in [0.5, 0.6) is 0 Å². The summed E-state index contributed by atoms with van der Waals surface area (Å²) in [6.07, 6.45) is -0.569. The average molecular weight is 382 g/mol. The number of hydrogen-bond acceptors (Lipinski definition) is 3. The minimum atomic E-state index is -1.10. The summed E-state index contributed by atoms with van der Waals surface area (Å²) in [6, 6.07) is 21.1. The molecule has 0 aromatic heterocycles. The molecule has 0 aliphatic heterocycles. The molecular formula is C21H16ClNO4. The van der Waals surface area contributed by atoms with Gasteiger partial charge in [0, 0.05) is 5.69 Å². The van der Waals surface area contributed by atoms with Crippen LogP contribution in [0.15, 0.2) is 72.8 Å². The highest BCUT2D eigenvalue weighted by Gasteiger charge is 2.15. The SMILES string of the molecule is O=C(Nc1ccc(-c2cccc(Cl)c2C(=O)O)cc1)OCc1ccccc1. The van der Waals surface area contributed by atoms with E-state index < -0.39 is 12.1 Å². The van der Waals surface area contributed by atoms with E-state index in [2.05, 4.69) is 5.32 Å². The maximum Gasteiger partial charge on any atom is 0.411 e. The van der Waals surface area contributed by atoms with Crippen molar-refractivity contribution in [3.8, 4) is 11.1 Å². The summed E-state index contributed by atoms with van der Waals surface area (Å²) in [7, 11) is 0. The van der Waals surface area contributed by atoms with Gasteiger partial charge in [0.25, 0.3) is 0 Å². The molecule has 0 unspecified atom stereocenters. The van der Waals surface area contributed by atoms with Crippen molar-refractivity contribution in [1.29, 1.82) is 0 Å². The zero-order valence-electron chi connectivity index (χ0n) is 14.2. The zero-order chi connectivity index (χ0) is 19.2. The number of ether oxygens (including phenoxy) is 1. The lowest BCUT2D eigenvalue weighted by molar-refractivity contribution is 0.0698. The molecule has 0 radical (unpaired) electrons. The number of aromatic carboxylic acids is 1. The fourth-order valence-electron chi connectivity index (χ4n) is 2.59. The number of anilines is 1. The van der Waals surface area contributed by atoms with Gasteiger partial charge in [-0.05, 0) is 34.9 Å². The van der Waals surface area contributed by atoms with E-state index in [1.54, 1.807) is 36.4 Å².